The molecule has 9 N–H and O–H groups in total. The zero-order valence-corrected chi connectivity index (χ0v) is 19.8. The maximum absolute atomic E-state index is 12.5. The first-order valence-corrected chi connectivity index (χ1v) is 13.0. The number of nitrogens with one attached hydrogen (secondary N) is 1. The molecule has 2 aliphatic heterocycles. The lowest BCUT2D eigenvalue weighted by molar-refractivity contribution is -0.276. The van der Waals surface area contributed by atoms with Crippen LogP contribution in [0.1, 0.15) is 6.23 Å². The number of phosphoric ester groups is 1. The molecule has 2 aliphatic rings. The number of esters is 1. The van der Waals surface area contributed by atoms with Crippen molar-refractivity contribution in [1.29, 1.82) is 0 Å². The van der Waals surface area contributed by atoms with Gasteiger partial charge in [-0.1, -0.05) is 0 Å². The Morgan fingerprint density at radius 3 is 2.22 bits per heavy atom. The number of nitrogens with zero attached hydrogens (tertiary/aromatic N) is 1. The molecule has 210 valence electrons. The second kappa shape index (κ2) is 11.1. The van der Waals surface area contributed by atoms with Crippen LogP contribution in [0.25, 0.3) is 0 Å². The maximum Gasteiger partial charge on any atom is 0.483 e. The van der Waals surface area contributed by atoms with Crippen LogP contribution >= 0.6 is 15.6 Å². The molecule has 2 fully saturated rings. The van der Waals surface area contributed by atoms with E-state index in [2.05, 4.69) is 8.83 Å². The first kappa shape index (κ1) is 29.7. The predicted molar refractivity (Wildman–Crippen MR) is 109 cm³/mol. The number of phosphoric acid groups is 2. The molecule has 20 nitrogen and oxygen atoms in total. The van der Waals surface area contributed by atoms with Gasteiger partial charge in [0.15, 0.2) is 18.6 Å². The minimum atomic E-state index is -5.64. The van der Waals surface area contributed by atoms with Crippen LogP contribution in [0.2, 0.25) is 0 Å². The Bertz CT molecular complexity index is 1200. The molecule has 37 heavy (non-hydrogen) atoms. The number of aliphatic hydroxyl groups excluding tert-OH is 5. The van der Waals surface area contributed by atoms with Crippen LogP contribution in [0.3, 0.4) is 0 Å². The molecule has 0 radical (unpaired) electrons. The fourth-order valence-corrected chi connectivity index (χ4v) is 5.05. The molecule has 0 aromatic carbocycles. The van der Waals surface area contributed by atoms with Crippen molar-refractivity contribution < 1.29 is 77.2 Å². The van der Waals surface area contributed by atoms with Gasteiger partial charge in [-0.2, -0.15) is 4.31 Å². The zero-order chi connectivity index (χ0) is 27.9. The Labute approximate surface area is 204 Å². The standard InChI is InChI=1S/C15H22N2O18P2/c18-5-1-2-17(15(25)16-5)12-9(22)6(19)4(32-12)3-31-13(24)11-8(21)7(20)10(23)14(33-11)34-37(29,30)35-36(26,27)28/h1-2,4,6-12,14,19-23H,3H2,(H,29,30)(H,16,18,25)(H2,26,27,28)/t4-,6-,7+,8+,9-,10-,11+,12-,14-/m1/s1. The van der Waals surface area contributed by atoms with Gasteiger partial charge in [-0.15, -0.1) is 0 Å². The van der Waals surface area contributed by atoms with Crippen molar-refractivity contribution >= 4 is 21.6 Å². The van der Waals surface area contributed by atoms with Gasteiger partial charge in [-0.3, -0.25) is 18.9 Å². The summed E-state index contributed by atoms with van der Waals surface area (Å²) in [6, 6.07) is 0.938. The van der Waals surface area contributed by atoms with Crippen molar-refractivity contribution in [2.24, 2.45) is 0 Å². The number of rotatable bonds is 8. The molecule has 0 saturated carbocycles. The maximum atomic E-state index is 12.5. The first-order chi connectivity index (χ1) is 17.0. The van der Waals surface area contributed by atoms with Crippen LogP contribution in [0.5, 0.6) is 0 Å². The SMILES string of the molecule is O=C(OC[C@H]1O[C@@H](n2ccc(=O)[nH]c2=O)[C@H](O)[C@@H]1O)[C@H]1O[C@H](OP(=O)(O)OP(=O)(O)O)[C@H](O)[C@@H](O)[C@@H]1O. The van der Waals surface area contributed by atoms with Crippen LogP contribution in [-0.4, -0.2) is 111 Å². The van der Waals surface area contributed by atoms with Gasteiger partial charge in [0.1, 0.15) is 43.2 Å². The van der Waals surface area contributed by atoms with E-state index in [0.717, 1.165) is 16.8 Å². The molecule has 1 aromatic rings. The van der Waals surface area contributed by atoms with Crippen molar-refractivity contribution in [3.05, 3.63) is 33.1 Å². The molecule has 1 unspecified atom stereocenters. The number of hydrogen-bond acceptors (Lipinski definition) is 15. The van der Waals surface area contributed by atoms with Gasteiger partial charge in [0.05, 0.1) is 0 Å². The molecular formula is C15H22N2O18P2. The quantitative estimate of drug-likeness (QED) is 0.102. The topological polar surface area (TPSA) is 314 Å². The average molecular weight is 580 g/mol. The zero-order valence-electron chi connectivity index (χ0n) is 18.1. The number of aliphatic hydroxyl groups is 5. The Morgan fingerprint density at radius 1 is 0.973 bits per heavy atom. The lowest BCUT2D eigenvalue weighted by atomic mass is 9.99. The summed E-state index contributed by atoms with van der Waals surface area (Å²) in [7, 11) is -11.2. The van der Waals surface area contributed by atoms with Gasteiger partial charge in [0.2, 0.25) is 0 Å². The Kier molecular flexibility index (Phi) is 8.89. The van der Waals surface area contributed by atoms with Gasteiger partial charge in [0, 0.05) is 12.3 Å². The minimum Gasteiger partial charge on any atom is -0.461 e. The second-order valence-corrected chi connectivity index (χ2v) is 10.5. The van der Waals surface area contributed by atoms with Crippen LogP contribution in [0.15, 0.2) is 21.9 Å². The van der Waals surface area contributed by atoms with Crippen LogP contribution < -0.4 is 11.2 Å². The van der Waals surface area contributed by atoms with E-state index < -0.39 is 94.7 Å². The molecule has 3 heterocycles. The highest BCUT2D eigenvalue weighted by Gasteiger charge is 2.51. The second-order valence-electron chi connectivity index (χ2n) is 7.74. The van der Waals surface area contributed by atoms with E-state index in [9.17, 15) is 53.9 Å². The van der Waals surface area contributed by atoms with Crippen molar-refractivity contribution in [1.82, 2.24) is 9.55 Å². The number of aromatic amines is 1. The third-order valence-corrected chi connectivity index (χ3v) is 7.25. The molecule has 1 aromatic heterocycles. The molecule has 0 bridgehead atoms. The molecule has 22 heteroatoms. The van der Waals surface area contributed by atoms with Gasteiger partial charge in [-0.25, -0.2) is 18.7 Å². The lowest BCUT2D eigenvalue weighted by Crippen LogP contribution is -2.60. The van der Waals surface area contributed by atoms with E-state index in [0.29, 0.717) is 0 Å². The van der Waals surface area contributed by atoms with Crippen LogP contribution in [0, 0.1) is 0 Å². The van der Waals surface area contributed by atoms with E-state index in [1.807, 2.05) is 4.98 Å². The molecule has 0 amide bonds. The summed E-state index contributed by atoms with van der Waals surface area (Å²) in [4.78, 5) is 64.2. The number of hydrogen-bond donors (Lipinski definition) is 9. The summed E-state index contributed by atoms with van der Waals surface area (Å²) in [5.74, 6) is -1.51. The summed E-state index contributed by atoms with van der Waals surface area (Å²) in [6.45, 7) is -0.845. The molecule has 0 spiro atoms. The first-order valence-electron chi connectivity index (χ1n) is 9.98. The molecule has 2 saturated heterocycles. The van der Waals surface area contributed by atoms with Gasteiger partial charge in [0.25, 0.3) is 5.56 Å². The molecule has 3 rings (SSSR count). The van der Waals surface area contributed by atoms with E-state index >= 15 is 0 Å². The van der Waals surface area contributed by atoms with E-state index in [1.54, 1.807) is 0 Å². The fourth-order valence-electron chi connectivity index (χ4n) is 3.39. The third kappa shape index (κ3) is 6.96. The number of carbonyl (C=O) groups excluding carboxylic acids is 1. The highest BCUT2D eigenvalue weighted by molar-refractivity contribution is 7.60. The highest BCUT2D eigenvalue weighted by atomic mass is 31.3. The van der Waals surface area contributed by atoms with Crippen LogP contribution in [0.4, 0.5) is 0 Å². The average Bonchev–Trinajstić information content (AvgIpc) is 3.04. The minimum absolute atomic E-state index is 0.744. The number of carbonyl (C=O) groups is 1. The van der Waals surface area contributed by atoms with Gasteiger partial charge < -0.3 is 54.4 Å². The molecular weight excluding hydrogens is 558 g/mol. The smallest absolute Gasteiger partial charge is 0.461 e. The largest absolute Gasteiger partial charge is 0.483 e. The Morgan fingerprint density at radius 2 is 1.62 bits per heavy atom. The van der Waals surface area contributed by atoms with Gasteiger partial charge >= 0.3 is 27.3 Å². The monoisotopic (exact) mass is 580 g/mol. The van der Waals surface area contributed by atoms with E-state index in [1.165, 1.54) is 0 Å². The Balaban J connectivity index is 1.67. The number of H-pyrrole nitrogens is 1. The van der Waals surface area contributed by atoms with Crippen molar-refractivity contribution in [2.75, 3.05) is 6.61 Å². The summed E-state index contributed by atoms with van der Waals surface area (Å²) < 4.78 is 46.0. The van der Waals surface area contributed by atoms with Crippen molar-refractivity contribution in [3.63, 3.8) is 0 Å². The van der Waals surface area contributed by atoms with Crippen LogP contribution in [-0.2, 0) is 37.0 Å². The molecule has 10 atom stereocenters. The van der Waals surface area contributed by atoms with Crippen molar-refractivity contribution in [2.45, 2.75) is 55.2 Å². The van der Waals surface area contributed by atoms with Gasteiger partial charge in [-0.05, 0) is 0 Å². The summed E-state index contributed by atoms with van der Waals surface area (Å²) >= 11 is 0. The fraction of sp³-hybridized carbons (Fsp3) is 0.667. The number of aromatic nitrogens is 2. The molecule has 0 aliphatic carbocycles. The highest BCUT2D eigenvalue weighted by Crippen LogP contribution is 2.58. The summed E-state index contributed by atoms with van der Waals surface area (Å²) in [5, 5.41) is 50.2. The Hall–Kier alpha value is -1.87. The van der Waals surface area contributed by atoms with Crippen molar-refractivity contribution in [3.8, 4) is 0 Å². The predicted octanol–water partition coefficient (Wildman–Crippen LogP) is -5.27. The summed E-state index contributed by atoms with van der Waals surface area (Å²) in [6.07, 6.45) is -16.9. The lowest BCUT2D eigenvalue weighted by Gasteiger charge is -2.39. The van der Waals surface area contributed by atoms with E-state index in [-0.39, 0.29) is 0 Å². The summed E-state index contributed by atoms with van der Waals surface area (Å²) in [5.41, 5.74) is -1.73. The number of ether oxygens (including phenoxy) is 3. The third-order valence-electron chi connectivity index (χ3n) is 5.10. The normalized spacial score (nSPS) is 36.2. The van der Waals surface area contributed by atoms with E-state index in [4.69, 9.17) is 24.0 Å².